The fourth-order valence-corrected chi connectivity index (χ4v) is 1.70. The minimum Gasteiger partial charge on any atom is -0.457 e. The van der Waals surface area contributed by atoms with Crippen molar-refractivity contribution in [3.63, 3.8) is 0 Å². The van der Waals surface area contributed by atoms with Crippen LogP contribution in [0.1, 0.15) is 6.92 Å². The average molecular weight is 286 g/mol. The number of nitrogens with one attached hydrogen (secondary N) is 2. The van der Waals surface area contributed by atoms with Crippen LogP contribution in [0.25, 0.3) is 0 Å². The molecule has 0 aromatic heterocycles. The molecular formula is C16H18N2O3. The maximum atomic E-state index is 11.7. The number of rotatable bonds is 5. The first-order valence-electron chi connectivity index (χ1n) is 6.68. The summed E-state index contributed by atoms with van der Waals surface area (Å²) < 4.78 is 5.69. The van der Waals surface area contributed by atoms with E-state index in [-0.39, 0.29) is 18.7 Å². The van der Waals surface area contributed by atoms with Gasteiger partial charge >= 0.3 is 6.03 Å². The largest absolute Gasteiger partial charge is 0.457 e. The van der Waals surface area contributed by atoms with Crippen LogP contribution >= 0.6 is 0 Å². The van der Waals surface area contributed by atoms with E-state index < -0.39 is 0 Å². The zero-order valence-corrected chi connectivity index (χ0v) is 11.7. The lowest BCUT2D eigenvalue weighted by atomic mass is 10.3. The number of urea groups is 1. The van der Waals surface area contributed by atoms with Crippen LogP contribution in [0.2, 0.25) is 0 Å². The second kappa shape index (κ2) is 7.31. The van der Waals surface area contributed by atoms with Crippen molar-refractivity contribution in [1.82, 2.24) is 5.32 Å². The summed E-state index contributed by atoms with van der Waals surface area (Å²) in [5, 5.41) is 14.2. The number of para-hydroxylation sites is 1. The number of hydrogen-bond acceptors (Lipinski definition) is 3. The minimum absolute atomic E-state index is 0.107. The molecule has 0 saturated heterocycles. The quantitative estimate of drug-likeness (QED) is 0.791. The van der Waals surface area contributed by atoms with Gasteiger partial charge in [0.15, 0.2) is 0 Å². The second-order valence-electron chi connectivity index (χ2n) is 4.63. The zero-order valence-electron chi connectivity index (χ0n) is 11.7. The highest BCUT2D eigenvalue weighted by atomic mass is 16.5. The Labute approximate surface area is 123 Å². The van der Waals surface area contributed by atoms with Gasteiger partial charge in [-0.3, -0.25) is 0 Å². The highest BCUT2D eigenvalue weighted by Crippen LogP contribution is 2.23. The van der Waals surface area contributed by atoms with Crippen LogP contribution in [0.4, 0.5) is 10.5 Å². The molecule has 1 atom stereocenters. The number of anilines is 1. The van der Waals surface area contributed by atoms with E-state index in [1.807, 2.05) is 36.4 Å². The zero-order chi connectivity index (χ0) is 15.1. The van der Waals surface area contributed by atoms with Gasteiger partial charge in [0.25, 0.3) is 0 Å². The molecule has 2 aromatic rings. The van der Waals surface area contributed by atoms with Crippen molar-refractivity contribution in [2.45, 2.75) is 13.0 Å². The van der Waals surface area contributed by atoms with Gasteiger partial charge in [-0.05, 0) is 31.2 Å². The number of benzene rings is 2. The molecule has 0 spiro atoms. The van der Waals surface area contributed by atoms with Crippen LogP contribution in [0, 0.1) is 0 Å². The van der Waals surface area contributed by atoms with Crippen molar-refractivity contribution in [2.75, 3.05) is 11.9 Å². The topological polar surface area (TPSA) is 70.6 Å². The van der Waals surface area contributed by atoms with E-state index in [0.29, 0.717) is 11.4 Å². The molecule has 110 valence electrons. The molecule has 0 saturated carbocycles. The van der Waals surface area contributed by atoms with E-state index in [1.165, 1.54) is 0 Å². The van der Waals surface area contributed by atoms with Crippen molar-refractivity contribution in [3.05, 3.63) is 54.6 Å². The third kappa shape index (κ3) is 4.81. The van der Waals surface area contributed by atoms with E-state index in [9.17, 15) is 4.79 Å². The smallest absolute Gasteiger partial charge is 0.319 e. The Hall–Kier alpha value is -2.53. The lowest BCUT2D eigenvalue weighted by Crippen LogP contribution is -2.38. The maximum absolute atomic E-state index is 11.7. The maximum Gasteiger partial charge on any atom is 0.319 e. The summed E-state index contributed by atoms with van der Waals surface area (Å²) >= 11 is 0. The first-order valence-corrected chi connectivity index (χ1v) is 6.68. The van der Waals surface area contributed by atoms with E-state index in [1.54, 1.807) is 25.1 Å². The Bertz CT molecular complexity index is 587. The molecule has 2 amide bonds. The summed E-state index contributed by atoms with van der Waals surface area (Å²) in [6, 6.07) is 15.8. The van der Waals surface area contributed by atoms with E-state index in [2.05, 4.69) is 10.6 Å². The third-order valence-electron chi connectivity index (χ3n) is 2.72. The van der Waals surface area contributed by atoms with Gasteiger partial charge < -0.3 is 20.5 Å². The highest BCUT2D eigenvalue weighted by molar-refractivity contribution is 5.89. The number of hydrogen-bond donors (Lipinski definition) is 3. The Balaban J connectivity index is 1.99. The average Bonchev–Trinajstić information content (AvgIpc) is 2.48. The number of aliphatic hydroxyl groups excluding tert-OH is 1. The molecule has 0 bridgehead atoms. The summed E-state index contributed by atoms with van der Waals surface area (Å²) in [5.74, 6) is 1.36. The monoisotopic (exact) mass is 286 g/mol. The van der Waals surface area contributed by atoms with Crippen molar-refractivity contribution < 1.29 is 14.6 Å². The molecule has 0 radical (unpaired) electrons. The Morgan fingerprint density at radius 3 is 2.57 bits per heavy atom. The lowest BCUT2D eigenvalue weighted by molar-refractivity contribution is 0.229. The highest BCUT2D eigenvalue weighted by Gasteiger charge is 2.06. The summed E-state index contributed by atoms with van der Waals surface area (Å²) in [7, 11) is 0. The molecule has 2 rings (SSSR count). The van der Waals surface area contributed by atoms with Crippen molar-refractivity contribution in [3.8, 4) is 11.5 Å². The number of aliphatic hydroxyl groups is 1. The van der Waals surface area contributed by atoms with Gasteiger partial charge in [0, 0.05) is 11.8 Å². The molecule has 0 aliphatic heterocycles. The van der Waals surface area contributed by atoms with Crippen molar-refractivity contribution in [1.29, 1.82) is 0 Å². The van der Waals surface area contributed by atoms with Crippen LogP contribution in [-0.4, -0.2) is 23.8 Å². The third-order valence-corrected chi connectivity index (χ3v) is 2.72. The normalized spacial score (nSPS) is 11.5. The van der Waals surface area contributed by atoms with Crippen LogP contribution in [-0.2, 0) is 0 Å². The molecule has 0 heterocycles. The second-order valence-corrected chi connectivity index (χ2v) is 4.63. The van der Waals surface area contributed by atoms with Gasteiger partial charge in [-0.1, -0.05) is 24.3 Å². The molecule has 1 unspecified atom stereocenters. The van der Waals surface area contributed by atoms with Gasteiger partial charge in [0.1, 0.15) is 11.5 Å². The van der Waals surface area contributed by atoms with Crippen LogP contribution in [0.3, 0.4) is 0 Å². The first kappa shape index (κ1) is 14.9. The predicted molar refractivity (Wildman–Crippen MR) is 81.7 cm³/mol. The molecule has 0 fully saturated rings. The van der Waals surface area contributed by atoms with Crippen LogP contribution < -0.4 is 15.4 Å². The van der Waals surface area contributed by atoms with E-state index in [4.69, 9.17) is 9.84 Å². The van der Waals surface area contributed by atoms with Gasteiger partial charge in [-0.15, -0.1) is 0 Å². The molecule has 5 nitrogen and oxygen atoms in total. The van der Waals surface area contributed by atoms with E-state index >= 15 is 0 Å². The Morgan fingerprint density at radius 2 is 1.86 bits per heavy atom. The Kier molecular flexibility index (Phi) is 5.17. The molecule has 3 N–H and O–H groups in total. The summed E-state index contributed by atoms with van der Waals surface area (Å²) in [6.07, 6.45) is 0. The molecule has 2 aromatic carbocycles. The summed E-state index contributed by atoms with van der Waals surface area (Å²) in [6.45, 7) is 1.61. The molecule has 21 heavy (non-hydrogen) atoms. The fraction of sp³-hybridized carbons (Fsp3) is 0.188. The van der Waals surface area contributed by atoms with E-state index in [0.717, 1.165) is 5.75 Å². The summed E-state index contributed by atoms with van der Waals surface area (Å²) in [4.78, 5) is 11.7. The summed E-state index contributed by atoms with van der Waals surface area (Å²) in [5.41, 5.74) is 0.617. The number of amides is 2. The van der Waals surface area contributed by atoms with Gasteiger partial charge in [-0.25, -0.2) is 4.79 Å². The Morgan fingerprint density at radius 1 is 1.14 bits per heavy atom. The van der Waals surface area contributed by atoms with Crippen LogP contribution in [0.5, 0.6) is 11.5 Å². The fourth-order valence-electron chi connectivity index (χ4n) is 1.70. The van der Waals surface area contributed by atoms with Crippen molar-refractivity contribution in [2.24, 2.45) is 0 Å². The SMILES string of the molecule is CC(CO)NC(=O)Nc1cccc(Oc2ccccc2)c1. The lowest BCUT2D eigenvalue weighted by Gasteiger charge is -2.12. The number of ether oxygens (including phenoxy) is 1. The van der Waals surface area contributed by atoms with Crippen LogP contribution in [0.15, 0.2) is 54.6 Å². The predicted octanol–water partition coefficient (Wildman–Crippen LogP) is 2.98. The minimum atomic E-state index is -0.367. The van der Waals surface area contributed by atoms with Gasteiger partial charge in [-0.2, -0.15) is 0 Å². The molecular weight excluding hydrogens is 268 g/mol. The molecule has 0 aliphatic rings. The first-order chi connectivity index (χ1) is 10.2. The number of carbonyl (C=O) groups is 1. The molecule has 5 heteroatoms. The van der Waals surface area contributed by atoms with Gasteiger partial charge in [0.2, 0.25) is 0 Å². The number of carbonyl (C=O) groups excluding carboxylic acids is 1. The van der Waals surface area contributed by atoms with Gasteiger partial charge in [0.05, 0.1) is 12.6 Å². The standard InChI is InChI=1S/C16H18N2O3/c1-12(11-19)17-16(20)18-13-6-5-9-15(10-13)21-14-7-3-2-4-8-14/h2-10,12,19H,11H2,1H3,(H2,17,18,20). The molecule has 0 aliphatic carbocycles. The van der Waals surface area contributed by atoms with Crippen molar-refractivity contribution >= 4 is 11.7 Å².